The van der Waals surface area contributed by atoms with E-state index in [1.807, 2.05) is 37.3 Å². The number of amides is 1. The Morgan fingerprint density at radius 3 is 2.46 bits per heavy atom. The van der Waals surface area contributed by atoms with E-state index in [0.717, 1.165) is 16.9 Å². The Morgan fingerprint density at radius 1 is 1.21 bits per heavy atom. The first-order valence-electron chi connectivity index (χ1n) is 7.55. The van der Waals surface area contributed by atoms with Crippen LogP contribution in [0, 0.1) is 5.92 Å². The number of sulfonamides is 1. The number of aromatic nitrogens is 2. The Balaban J connectivity index is 2.15. The molecule has 0 aliphatic heterocycles. The van der Waals surface area contributed by atoms with Crippen LogP contribution in [0.25, 0.3) is 0 Å². The molecule has 0 bridgehead atoms. The minimum Gasteiger partial charge on any atom is -0.300 e. The number of carbonyl (C=O) groups is 1. The minimum absolute atomic E-state index is 0.168. The second kappa shape index (κ2) is 7.82. The number of carbonyl (C=O) groups excluding carboxylic acids is 1. The van der Waals surface area contributed by atoms with Crippen molar-refractivity contribution in [2.45, 2.75) is 37.6 Å². The fraction of sp³-hybridized carbons (Fsp3) is 0.400. The molecule has 0 saturated heterocycles. The molecular weight excluding hydrogens is 348 g/mol. The van der Waals surface area contributed by atoms with E-state index in [0.29, 0.717) is 6.42 Å². The third kappa shape index (κ3) is 4.59. The molecule has 0 aliphatic rings. The molecule has 1 amide bonds. The lowest BCUT2D eigenvalue weighted by atomic mass is 10.1. The predicted octanol–water partition coefficient (Wildman–Crippen LogP) is 2.56. The standard InChI is InChI=1S/C15H20N4O3S2/c1-4-12(11-8-6-5-7-9-11)19-24(21,22)15-18-17-14(23-15)16-13(20)10(2)3/h5-10,12,19H,4H2,1-3H3,(H,16,17,20). The molecule has 1 aromatic heterocycles. The fourth-order valence-corrected chi connectivity index (χ4v) is 4.16. The van der Waals surface area contributed by atoms with Crippen molar-refractivity contribution in [3.63, 3.8) is 0 Å². The molecule has 2 aromatic rings. The highest BCUT2D eigenvalue weighted by Gasteiger charge is 2.25. The van der Waals surface area contributed by atoms with Gasteiger partial charge < -0.3 is 5.32 Å². The van der Waals surface area contributed by atoms with Crippen molar-refractivity contribution in [1.29, 1.82) is 0 Å². The van der Waals surface area contributed by atoms with Crippen LogP contribution in [0.3, 0.4) is 0 Å². The zero-order valence-corrected chi connectivity index (χ0v) is 15.3. The summed E-state index contributed by atoms with van der Waals surface area (Å²) in [5.41, 5.74) is 0.876. The molecule has 24 heavy (non-hydrogen) atoms. The van der Waals surface area contributed by atoms with Crippen LogP contribution in [-0.4, -0.2) is 24.5 Å². The molecule has 1 heterocycles. The van der Waals surface area contributed by atoms with Crippen LogP contribution in [0.1, 0.15) is 38.8 Å². The van der Waals surface area contributed by atoms with Gasteiger partial charge in [-0.2, -0.15) is 0 Å². The van der Waals surface area contributed by atoms with Crippen molar-refractivity contribution in [3.05, 3.63) is 35.9 Å². The predicted molar refractivity (Wildman–Crippen MR) is 93.2 cm³/mol. The highest BCUT2D eigenvalue weighted by molar-refractivity contribution is 7.91. The summed E-state index contributed by atoms with van der Waals surface area (Å²) in [7, 11) is -3.81. The first-order valence-corrected chi connectivity index (χ1v) is 9.85. The molecule has 0 fully saturated rings. The van der Waals surface area contributed by atoms with Gasteiger partial charge in [-0.05, 0) is 12.0 Å². The molecule has 1 atom stereocenters. The van der Waals surface area contributed by atoms with Crippen molar-refractivity contribution >= 4 is 32.4 Å². The Kier molecular flexibility index (Phi) is 6.03. The first-order chi connectivity index (χ1) is 11.3. The second-order valence-corrected chi connectivity index (χ2v) is 8.38. The van der Waals surface area contributed by atoms with E-state index in [4.69, 9.17) is 0 Å². The van der Waals surface area contributed by atoms with Gasteiger partial charge >= 0.3 is 0 Å². The molecule has 0 radical (unpaired) electrons. The molecule has 1 aromatic carbocycles. The van der Waals surface area contributed by atoms with Crippen LogP contribution in [0.2, 0.25) is 0 Å². The Hall–Kier alpha value is -1.84. The summed E-state index contributed by atoms with van der Waals surface area (Å²) in [5, 5.41) is 10.1. The zero-order chi connectivity index (χ0) is 17.7. The number of nitrogens with zero attached hydrogens (tertiary/aromatic N) is 2. The average molecular weight is 368 g/mol. The number of anilines is 1. The molecule has 0 saturated carbocycles. The van der Waals surface area contributed by atoms with E-state index in [2.05, 4.69) is 20.2 Å². The summed E-state index contributed by atoms with van der Waals surface area (Å²) in [4.78, 5) is 11.6. The highest BCUT2D eigenvalue weighted by Crippen LogP contribution is 2.24. The summed E-state index contributed by atoms with van der Waals surface area (Å²) in [6, 6.07) is 8.97. The number of benzene rings is 1. The van der Waals surface area contributed by atoms with E-state index in [1.165, 1.54) is 0 Å². The van der Waals surface area contributed by atoms with E-state index < -0.39 is 10.0 Å². The summed E-state index contributed by atoms with van der Waals surface area (Å²) < 4.78 is 27.4. The number of hydrogen-bond acceptors (Lipinski definition) is 6. The van der Waals surface area contributed by atoms with Crippen LogP contribution in [0.4, 0.5) is 5.13 Å². The van der Waals surface area contributed by atoms with Gasteiger partial charge in [0.15, 0.2) is 0 Å². The van der Waals surface area contributed by atoms with Crippen LogP contribution in [-0.2, 0) is 14.8 Å². The maximum atomic E-state index is 12.5. The van der Waals surface area contributed by atoms with E-state index in [1.54, 1.807) is 13.8 Å². The van der Waals surface area contributed by atoms with Crippen molar-refractivity contribution < 1.29 is 13.2 Å². The largest absolute Gasteiger partial charge is 0.300 e. The molecule has 7 nitrogen and oxygen atoms in total. The van der Waals surface area contributed by atoms with Crippen LogP contribution in [0.5, 0.6) is 0 Å². The van der Waals surface area contributed by atoms with Gasteiger partial charge in [-0.25, -0.2) is 13.1 Å². The summed E-state index contributed by atoms with van der Waals surface area (Å²) in [5.74, 6) is -0.464. The van der Waals surface area contributed by atoms with Crippen LogP contribution >= 0.6 is 11.3 Å². The van der Waals surface area contributed by atoms with Gasteiger partial charge in [0.2, 0.25) is 15.4 Å². The molecule has 0 aliphatic carbocycles. The average Bonchev–Trinajstić information content (AvgIpc) is 3.03. The van der Waals surface area contributed by atoms with Gasteiger partial charge in [-0.1, -0.05) is 62.4 Å². The lowest BCUT2D eigenvalue weighted by molar-refractivity contribution is -0.118. The van der Waals surface area contributed by atoms with Crippen LogP contribution in [0.15, 0.2) is 34.7 Å². The third-order valence-corrected chi connectivity index (χ3v) is 5.98. The molecule has 0 spiro atoms. The van der Waals surface area contributed by atoms with Gasteiger partial charge in [0.1, 0.15) is 0 Å². The topological polar surface area (TPSA) is 101 Å². The number of nitrogens with one attached hydrogen (secondary N) is 2. The third-order valence-electron chi connectivity index (χ3n) is 3.30. The van der Waals surface area contributed by atoms with Gasteiger partial charge in [-0.3, -0.25) is 4.79 Å². The first kappa shape index (κ1) is 18.5. The smallest absolute Gasteiger partial charge is 0.270 e. The van der Waals surface area contributed by atoms with Crippen molar-refractivity contribution in [1.82, 2.24) is 14.9 Å². The van der Waals surface area contributed by atoms with Gasteiger partial charge in [0.05, 0.1) is 0 Å². The quantitative estimate of drug-likeness (QED) is 0.732. The fourth-order valence-electron chi connectivity index (χ4n) is 1.93. The Labute approximate surface area is 145 Å². The molecule has 2 N–H and O–H groups in total. The zero-order valence-electron chi connectivity index (χ0n) is 13.7. The van der Waals surface area contributed by atoms with Crippen molar-refractivity contribution in [3.8, 4) is 0 Å². The Morgan fingerprint density at radius 2 is 1.88 bits per heavy atom. The molecule has 130 valence electrons. The molecular formula is C15H20N4O3S2. The maximum absolute atomic E-state index is 12.5. The number of hydrogen-bond donors (Lipinski definition) is 2. The van der Waals surface area contributed by atoms with Gasteiger partial charge in [-0.15, -0.1) is 10.2 Å². The molecule has 2 rings (SSSR count). The lowest BCUT2D eigenvalue weighted by Gasteiger charge is -2.16. The monoisotopic (exact) mass is 368 g/mol. The SMILES string of the molecule is CCC(NS(=O)(=O)c1nnc(NC(=O)C(C)C)s1)c1ccccc1. The van der Waals surface area contributed by atoms with Crippen LogP contribution < -0.4 is 10.0 Å². The van der Waals surface area contributed by atoms with Crippen molar-refractivity contribution in [2.24, 2.45) is 5.92 Å². The van der Waals surface area contributed by atoms with Crippen molar-refractivity contribution in [2.75, 3.05) is 5.32 Å². The number of rotatable bonds is 7. The minimum atomic E-state index is -3.81. The highest BCUT2D eigenvalue weighted by atomic mass is 32.2. The maximum Gasteiger partial charge on any atom is 0.270 e. The van der Waals surface area contributed by atoms with E-state index in [9.17, 15) is 13.2 Å². The Bertz CT molecular complexity index is 788. The van der Waals surface area contributed by atoms with E-state index >= 15 is 0 Å². The van der Waals surface area contributed by atoms with E-state index in [-0.39, 0.29) is 27.3 Å². The second-order valence-electron chi connectivity index (χ2n) is 5.51. The normalized spacial score (nSPS) is 13.0. The summed E-state index contributed by atoms with van der Waals surface area (Å²) in [6.45, 7) is 5.37. The summed E-state index contributed by atoms with van der Waals surface area (Å²) in [6.07, 6.45) is 0.596. The molecule has 9 heteroatoms. The lowest BCUT2D eigenvalue weighted by Crippen LogP contribution is -2.28. The summed E-state index contributed by atoms with van der Waals surface area (Å²) >= 11 is 0.829. The van der Waals surface area contributed by atoms with Gasteiger partial charge in [0.25, 0.3) is 10.0 Å². The van der Waals surface area contributed by atoms with Gasteiger partial charge in [0, 0.05) is 12.0 Å². The molecule has 1 unspecified atom stereocenters.